The summed E-state index contributed by atoms with van der Waals surface area (Å²) in [5, 5.41) is 11.3. The van der Waals surface area contributed by atoms with E-state index in [0.29, 0.717) is 16.4 Å². The summed E-state index contributed by atoms with van der Waals surface area (Å²) in [4.78, 5) is 14.3. The fourth-order valence-electron chi connectivity index (χ4n) is 2.14. The van der Waals surface area contributed by atoms with Gasteiger partial charge in [0.1, 0.15) is 5.82 Å². The minimum atomic E-state index is -0.252. The Morgan fingerprint density at radius 3 is 2.69 bits per heavy atom. The van der Waals surface area contributed by atoms with Crippen LogP contribution in [0.5, 0.6) is 0 Å². The molecule has 0 spiro atoms. The molecule has 0 aliphatic heterocycles. The number of carbonyl (C=O) groups is 1. The number of carbonyl (C=O) groups excluding carboxylic acids is 1. The maximum absolute atomic E-state index is 12.9. The second-order valence-electron chi connectivity index (χ2n) is 5.69. The van der Waals surface area contributed by atoms with Gasteiger partial charge in [-0.05, 0) is 35.9 Å². The molecule has 3 rings (SSSR count). The molecule has 0 saturated heterocycles. The van der Waals surface area contributed by atoms with Crippen LogP contribution in [0.2, 0.25) is 0 Å². The second-order valence-corrected chi connectivity index (χ2v) is 7.89. The first-order valence-electron chi connectivity index (χ1n) is 7.81. The molecule has 1 N–H and O–H groups in total. The van der Waals surface area contributed by atoms with E-state index in [1.54, 1.807) is 18.2 Å². The van der Waals surface area contributed by atoms with Crippen molar-refractivity contribution in [2.24, 2.45) is 0 Å². The zero-order valence-electron chi connectivity index (χ0n) is 14.3. The van der Waals surface area contributed by atoms with Crippen molar-refractivity contribution in [3.63, 3.8) is 0 Å². The third kappa shape index (κ3) is 4.80. The number of hydrogen-bond donors (Lipinski definition) is 1. The van der Waals surface area contributed by atoms with Gasteiger partial charge in [0.05, 0.1) is 0 Å². The number of thioether (sulfide) groups is 1. The molecule has 5 nitrogen and oxygen atoms in total. The topological polar surface area (TPSA) is 58.1 Å². The van der Waals surface area contributed by atoms with E-state index in [1.165, 1.54) is 35.2 Å². The summed E-state index contributed by atoms with van der Waals surface area (Å²) in [5.74, 6) is 0.186. The fraction of sp³-hybridized carbons (Fsp3) is 0.167. The zero-order chi connectivity index (χ0) is 18.5. The van der Waals surface area contributed by atoms with Crippen molar-refractivity contribution in [2.75, 3.05) is 24.3 Å². The Kier molecular flexibility index (Phi) is 5.85. The van der Waals surface area contributed by atoms with E-state index in [-0.39, 0.29) is 11.7 Å². The molecule has 1 amide bonds. The van der Waals surface area contributed by atoms with Gasteiger partial charge in [-0.1, -0.05) is 41.3 Å². The smallest absolute Gasteiger partial charge is 0.257 e. The highest BCUT2D eigenvalue weighted by Crippen LogP contribution is 2.28. The minimum Gasteiger partial charge on any atom is -0.378 e. The summed E-state index contributed by atoms with van der Waals surface area (Å²) in [6, 6.07) is 13.7. The Morgan fingerprint density at radius 1 is 1.19 bits per heavy atom. The van der Waals surface area contributed by atoms with Crippen LogP contribution in [0, 0.1) is 5.82 Å². The van der Waals surface area contributed by atoms with Crippen LogP contribution in [0.1, 0.15) is 15.9 Å². The van der Waals surface area contributed by atoms with Crippen LogP contribution in [0.15, 0.2) is 52.9 Å². The number of aromatic nitrogens is 2. The summed E-state index contributed by atoms with van der Waals surface area (Å²) < 4.78 is 13.7. The van der Waals surface area contributed by atoms with Crippen LogP contribution in [0.3, 0.4) is 0 Å². The lowest BCUT2D eigenvalue weighted by Crippen LogP contribution is -2.14. The molecular formula is C18H17FN4OS2. The number of halogens is 1. The lowest BCUT2D eigenvalue weighted by atomic mass is 10.2. The Morgan fingerprint density at radius 2 is 1.96 bits per heavy atom. The molecule has 134 valence electrons. The summed E-state index contributed by atoms with van der Waals surface area (Å²) in [6.07, 6.45) is 0. The molecule has 8 heteroatoms. The SMILES string of the molecule is CN(C)c1cccc(C(=O)Nc2nnc(SCc3ccc(F)cc3)s2)c1. The Balaban J connectivity index is 1.60. The first kappa shape index (κ1) is 18.3. The van der Waals surface area contributed by atoms with Gasteiger partial charge in [0.15, 0.2) is 4.34 Å². The molecule has 26 heavy (non-hydrogen) atoms. The standard InChI is InChI=1S/C18H17FN4OS2/c1-23(2)15-5-3-4-13(10-15)16(24)20-17-21-22-18(26-17)25-11-12-6-8-14(19)9-7-12/h3-10H,11H2,1-2H3,(H,20,21,24). The molecule has 0 unspecified atom stereocenters. The minimum absolute atomic E-state index is 0.222. The highest BCUT2D eigenvalue weighted by molar-refractivity contribution is 8.00. The van der Waals surface area contributed by atoms with Crippen LogP contribution in [0.25, 0.3) is 0 Å². The predicted molar refractivity (Wildman–Crippen MR) is 105 cm³/mol. The van der Waals surface area contributed by atoms with Gasteiger partial charge in [-0.15, -0.1) is 10.2 Å². The van der Waals surface area contributed by atoms with Crippen LogP contribution < -0.4 is 10.2 Å². The Hall–Kier alpha value is -2.45. The van der Waals surface area contributed by atoms with Crippen molar-refractivity contribution in [3.05, 3.63) is 65.5 Å². The first-order chi connectivity index (χ1) is 12.5. The first-order valence-corrected chi connectivity index (χ1v) is 9.61. The van der Waals surface area contributed by atoms with Gasteiger partial charge in [-0.3, -0.25) is 10.1 Å². The van der Waals surface area contributed by atoms with E-state index in [0.717, 1.165) is 15.6 Å². The van der Waals surface area contributed by atoms with Crippen LogP contribution >= 0.6 is 23.1 Å². The van der Waals surface area contributed by atoms with E-state index >= 15 is 0 Å². The van der Waals surface area contributed by atoms with Crippen molar-refractivity contribution in [1.29, 1.82) is 0 Å². The van der Waals surface area contributed by atoms with Gasteiger partial charge >= 0.3 is 0 Å². The lowest BCUT2D eigenvalue weighted by Gasteiger charge is -2.13. The highest BCUT2D eigenvalue weighted by Gasteiger charge is 2.11. The number of hydrogen-bond acceptors (Lipinski definition) is 6. The number of amides is 1. The Bertz CT molecular complexity index is 896. The summed E-state index contributed by atoms with van der Waals surface area (Å²) in [5.41, 5.74) is 2.51. The fourth-order valence-corrected chi connectivity index (χ4v) is 3.84. The molecule has 1 heterocycles. The molecule has 0 fully saturated rings. The number of anilines is 2. The largest absolute Gasteiger partial charge is 0.378 e. The lowest BCUT2D eigenvalue weighted by molar-refractivity contribution is 0.102. The average molecular weight is 388 g/mol. The molecule has 3 aromatic rings. The van der Waals surface area contributed by atoms with Crippen molar-refractivity contribution >= 4 is 39.8 Å². The normalized spacial score (nSPS) is 10.6. The highest BCUT2D eigenvalue weighted by atomic mass is 32.2. The van der Waals surface area contributed by atoms with E-state index in [1.807, 2.05) is 37.2 Å². The third-order valence-corrected chi connectivity index (χ3v) is 5.57. The summed E-state index contributed by atoms with van der Waals surface area (Å²) in [6.45, 7) is 0. The van der Waals surface area contributed by atoms with Crippen LogP contribution in [0.4, 0.5) is 15.2 Å². The zero-order valence-corrected chi connectivity index (χ0v) is 15.9. The van der Waals surface area contributed by atoms with Gasteiger partial charge in [-0.2, -0.15) is 0 Å². The van der Waals surface area contributed by atoms with Gasteiger partial charge in [0.25, 0.3) is 5.91 Å². The number of benzene rings is 2. The molecular weight excluding hydrogens is 371 g/mol. The van der Waals surface area contributed by atoms with E-state index in [2.05, 4.69) is 15.5 Å². The number of rotatable bonds is 6. The molecule has 0 saturated carbocycles. The van der Waals surface area contributed by atoms with E-state index < -0.39 is 0 Å². The van der Waals surface area contributed by atoms with Crippen molar-refractivity contribution < 1.29 is 9.18 Å². The van der Waals surface area contributed by atoms with Crippen molar-refractivity contribution in [1.82, 2.24) is 10.2 Å². The van der Waals surface area contributed by atoms with Gasteiger partial charge in [0, 0.05) is 31.1 Å². The van der Waals surface area contributed by atoms with Crippen LogP contribution in [-0.2, 0) is 5.75 Å². The molecule has 0 bridgehead atoms. The maximum atomic E-state index is 12.9. The maximum Gasteiger partial charge on any atom is 0.257 e. The van der Waals surface area contributed by atoms with Crippen molar-refractivity contribution in [2.45, 2.75) is 10.1 Å². The number of nitrogens with one attached hydrogen (secondary N) is 1. The molecule has 1 aromatic heterocycles. The van der Waals surface area contributed by atoms with Gasteiger partial charge < -0.3 is 4.90 Å². The molecule has 2 aromatic carbocycles. The van der Waals surface area contributed by atoms with E-state index in [9.17, 15) is 9.18 Å². The monoisotopic (exact) mass is 388 g/mol. The molecule has 0 radical (unpaired) electrons. The quantitative estimate of drug-likeness (QED) is 0.504. The predicted octanol–water partition coefficient (Wildman–Crippen LogP) is 4.29. The third-order valence-electron chi connectivity index (χ3n) is 3.53. The number of nitrogens with zero attached hydrogens (tertiary/aromatic N) is 3. The summed E-state index contributed by atoms with van der Waals surface area (Å²) in [7, 11) is 3.85. The molecule has 0 aliphatic rings. The van der Waals surface area contributed by atoms with E-state index in [4.69, 9.17) is 0 Å². The summed E-state index contributed by atoms with van der Waals surface area (Å²) >= 11 is 2.81. The van der Waals surface area contributed by atoms with Gasteiger partial charge in [-0.25, -0.2) is 4.39 Å². The van der Waals surface area contributed by atoms with Gasteiger partial charge in [0.2, 0.25) is 5.13 Å². The molecule has 0 aliphatic carbocycles. The second kappa shape index (κ2) is 8.29. The van der Waals surface area contributed by atoms with Crippen molar-refractivity contribution in [3.8, 4) is 0 Å². The van der Waals surface area contributed by atoms with Crippen LogP contribution in [-0.4, -0.2) is 30.2 Å². The average Bonchev–Trinajstić information content (AvgIpc) is 3.08. The molecule has 0 atom stereocenters. The Labute approximate surface area is 159 Å².